The van der Waals surface area contributed by atoms with E-state index < -0.39 is 17.9 Å². The smallest absolute Gasteiger partial charge is 0.331 e. The number of nitrogens with one attached hydrogen (secondary N) is 1. The molecular weight excluding hydrogens is 274 g/mol. The van der Waals surface area contributed by atoms with Crippen molar-refractivity contribution in [3.05, 3.63) is 47.8 Å². The number of aliphatic carboxylic acids is 1. The lowest BCUT2D eigenvalue weighted by Gasteiger charge is -2.13. The highest BCUT2D eigenvalue weighted by Gasteiger charge is 2.23. The fourth-order valence-corrected chi connectivity index (χ4v) is 1.89. The molecule has 21 heavy (non-hydrogen) atoms. The van der Waals surface area contributed by atoms with E-state index in [1.807, 2.05) is 0 Å². The minimum atomic E-state index is -1.15. The summed E-state index contributed by atoms with van der Waals surface area (Å²) < 4.78 is 1.47. The van der Waals surface area contributed by atoms with Crippen LogP contribution in [0, 0.1) is 0 Å². The van der Waals surface area contributed by atoms with Crippen LogP contribution in [0.1, 0.15) is 17.2 Å². The van der Waals surface area contributed by atoms with Gasteiger partial charge in [0, 0.05) is 18.8 Å². The van der Waals surface area contributed by atoms with Crippen LogP contribution in [0.2, 0.25) is 0 Å². The molecule has 1 amide bonds. The number of carbonyl (C=O) groups is 2. The summed E-state index contributed by atoms with van der Waals surface area (Å²) in [5, 5.41) is 24.7. The summed E-state index contributed by atoms with van der Waals surface area (Å²) in [7, 11) is 1.67. The topological polar surface area (TPSA) is 104 Å². The number of benzene rings is 1. The van der Waals surface area contributed by atoms with Gasteiger partial charge >= 0.3 is 5.97 Å². The predicted molar refractivity (Wildman–Crippen MR) is 73.5 cm³/mol. The van der Waals surface area contributed by atoms with Gasteiger partial charge < -0.3 is 15.5 Å². The second-order valence-corrected chi connectivity index (χ2v) is 4.63. The number of aryl methyl sites for hydroxylation is 1. The first-order valence-corrected chi connectivity index (χ1v) is 6.24. The third-order valence-corrected chi connectivity index (χ3v) is 2.91. The fraction of sp³-hybridized carbons (Fsp3) is 0.214. The van der Waals surface area contributed by atoms with Gasteiger partial charge in [0.05, 0.1) is 12.6 Å². The molecule has 7 nitrogen and oxygen atoms in total. The Bertz CT molecular complexity index is 648. The van der Waals surface area contributed by atoms with Gasteiger partial charge in [-0.2, -0.15) is 5.10 Å². The Labute approximate surface area is 120 Å². The second-order valence-electron chi connectivity index (χ2n) is 4.63. The first-order chi connectivity index (χ1) is 9.95. The van der Waals surface area contributed by atoms with E-state index in [-0.39, 0.29) is 12.2 Å². The number of aromatic hydroxyl groups is 1. The molecule has 1 aromatic carbocycles. The first kappa shape index (κ1) is 14.6. The van der Waals surface area contributed by atoms with E-state index in [4.69, 9.17) is 0 Å². The van der Waals surface area contributed by atoms with Gasteiger partial charge in [0.1, 0.15) is 5.75 Å². The van der Waals surface area contributed by atoms with Crippen LogP contribution in [0.4, 0.5) is 0 Å². The van der Waals surface area contributed by atoms with Crippen LogP contribution in [0.3, 0.4) is 0 Å². The Balaban J connectivity index is 2.05. The monoisotopic (exact) mass is 289 g/mol. The van der Waals surface area contributed by atoms with E-state index in [1.165, 1.54) is 23.0 Å². The zero-order chi connectivity index (χ0) is 15.4. The van der Waals surface area contributed by atoms with Crippen molar-refractivity contribution in [3.8, 4) is 5.75 Å². The number of carbonyl (C=O) groups excluding carboxylic acids is 1. The van der Waals surface area contributed by atoms with Crippen molar-refractivity contribution in [2.75, 3.05) is 0 Å². The molecule has 110 valence electrons. The van der Waals surface area contributed by atoms with Crippen LogP contribution < -0.4 is 5.32 Å². The molecule has 3 N–H and O–H groups in total. The number of rotatable bonds is 5. The van der Waals surface area contributed by atoms with E-state index in [0.29, 0.717) is 11.1 Å². The number of hydrogen-bond acceptors (Lipinski definition) is 4. The Kier molecular flexibility index (Phi) is 4.22. The fourth-order valence-electron chi connectivity index (χ4n) is 1.89. The van der Waals surface area contributed by atoms with Gasteiger partial charge in [-0.3, -0.25) is 9.48 Å². The molecule has 0 bridgehead atoms. The second kappa shape index (κ2) is 6.08. The first-order valence-electron chi connectivity index (χ1n) is 6.24. The molecule has 1 unspecified atom stereocenters. The lowest BCUT2D eigenvalue weighted by Crippen LogP contribution is -2.34. The highest BCUT2D eigenvalue weighted by Crippen LogP contribution is 2.13. The van der Waals surface area contributed by atoms with Crippen LogP contribution in [0.25, 0.3) is 0 Å². The van der Waals surface area contributed by atoms with Crippen molar-refractivity contribution in [3.63, 3.8) is 0 Å². The summed E-state index contributed by atoms with van der Waals surface area (Å²) in [4.78, 5) is 23.2. The predicted octanol–water partition coefficient (Wildman–Crippen LogP) is 0.610. The molecule has 0 saturated heterocycles. The molecule has 0 saturated carbocycles. The third kappa shape index (κ3) is 3.82. The van der Waals surface area contributed by atoms with Crippen molar-refractivity contribution in [1.82, 2.24) is 15.1 Å². The highest BCUT2D eigenvalue weighted by atomic mass is 16.4. The zero-order valence-corrected chi connectivity index (χ0v) is 11.4. The van der Waals surface area contributed by atoms with Crippen molar-refractivity contribution in [1.29, 1.82) is 0 Å². The molecule has 0 radical (unpaired) electrons. The number of phenolic OH excluding ortho intramolecular Hbond substituents is 1. The molecule has 0 aliphatic rings. The maximum absolute atomic E-state index is 11.9. The molecule has 2 aromatic rings. The minimum Gasteiger partial charge on any atom is -0.508 e. The van der Waals surface area contributed by atoms with E-state index in [9.17, 15) is 19.8 Å². The molecule has 0 spiro atoms. The molecule has 0 aliphatic carbocycles. The number of hydrogen-bond donors (Lipinski definition) is 3. The Hall–Kier alpha value is -2.83. The van der Waals surface area contributed by atoms with E-state index in [2.05, 4.69) is 10.4 Å². The maximum atomic E-state index is 11.9. The van der Waals surface area contributed by atoms with Gasteiger partial charge in [-0.15, -0.1) is 0 Å². The summed E-state index contributed by atoms with van der Waals surface area (Å²) in [5.41, 5.74) is 1.09. The zero-order valence-electron chi connectivity index (χ0n) is 11.4. The van der Waals surface area contributed by atoms with Crippen LogP contribution in [-0.2, 0) is 23.1 Å². The number of carboxylic acids is 1. The van der Waals surface area contributed by atoms with Crippen LogP contribution >= 0.6 is 0 Å². The molecule has 0 fully saturated rings. The number of nitrogens with zero attached hydrogens (tertiary/aromatic N) is 2. The van der Waals surface area contributed by atoms with Gasteiger partial charge in [-0.1, -0.05) is 12.1 Å². The van der Waals surface area contributed by atoms with Crippen LogP contribution in [0.15, 0.2) is 36.7 Å². The van der Waals surface area contributed by atoms with Crippen LogP contribution in [0.5, 0.6) is 5.75 Å². The summed E-state index contributed by atoms with van der Waals surface area (Å²) >= 11 is 0. The van der Waals surface area contributed by atoms with Gasteiger partial charge in [-0.05, 0) is 17.7 Å². The molecule has 7 heteroatoms. The standard InChI is InChI=1S/C14H15N3O4/c1-17-8-10(7-15-17)13(14(20)21)16-12(19)6-9-2-4-11(18)5-3-9/h2-5,7-8,13,18H,6H2,1H3,(H,16,19)(H,20,21). The number of carboxylic acid groups (broad SMARTS) is 1. The lowest BCUT2D eigenvalue weighted by atomic mass is 10.1. The lowest BCUT2D eigenvalue weighted by molar-refractivity contribution is -0.141. The summed E-state index contributed by atoms with van der Waals surface area (Å²) in [5.74, 6) is -1.46. The Morgan fingerprint density at radius 1 is 1.33 bits per heavy atom. The van der Waals surface area contributed by atoms with Crippen molar-refractivity contribution < 1.29 is 19.8 Å². The third-order valence-electron chi connectivity index (χ3n) is 2.91. The molecular formula is C14H15N3O4. The number of amides is 1. The summed E-state index contributed by atoms with van der Waals surface area (Å²) in [6.07, 6.45) is 2.98. The normalized spacial score (nSPS) is 11.9. The molecule has 1 heterocycles. The van der Waals surface area contributed by atoms with E-state index >= 15 is 0 Å². The molecule has 1 aromatic heterocycles. The van der Waals surface area contributed by atoms with Gasteiger partial charge in [0.2, 0.25) is 5.91 Å². The van der Waals surface area contributed by atoms with Crippen LogP contribution in [-0.4, -0.2) is 31.9 Å². The van der Waals surface area contributed by atoms with Gasteiger partial charge in [-0.25, -0.2) is 4.79 Å². The van der Waals surface area contributed by atoms with Crippen molar-refractivity contribution in [2.45, 2.75) is 12.5 Å². The minimum absolute atomic E-state index is 0.0321. The molecule has 2 rings (SSSR count). The number of phenols is 1. The maximum Gasteiger partial charge on any atom is 0.331 e. The Morgan fingerprint density at radius 3 is 2.52 bits per heavy atom. The van der Waals surface area contributed by atoms with Crippen molar-refractivity contribution in [2.24, 2.45) is 7.05 Å². The SMILES string of the molecule is Cn1cc(C(NC(=O)Cc2ccc(O)cc2)C(=O)O)cn1. The largest absolute Gasteiger partial charge is 0.508 e. The molecule has 1 atom stereocenters. The van der Waals surface area contributed by atoms with Gasteiger partial charge in [0.25, 0.3) is 0 Å². The van der Waals surface area contributed by atoms with Gasteiger partial charge in [0.15, 0.2) is 6.04 Å². The molecule has 0 aliphatic heterocycles. The average molecular weight is 289 g/mol. The number of aromatic nitrogens is 2. The quantitative estimate of drug-likeness (QED) is 0.748. The average Bonchev–Trinajstić information content (AvgIpc) is 2.85. The van der Waals surface area contributed by atoms with Crippen molar-refractivity contribution >= 4 is 11.9 Å². The van der Waals surface area contributed by atoms with E-state index in [0.717, 1.165) is 0 Å². The highest BCUT2D eigenvalue weighted by molar-refractivity contribution is 5.85. The summed E-state index contributed by atoms with van der Waals surface area (Å²) in [6.45, 7) is 0. The summed E-state index contributed by atoms with van der Waals surface area (Å²) in [6, 6.07) is 5.02. The van der Waals surface area contributed by atoms with E-state index in [1.54, 1.807) is 25.4 Å². The Morgan fingerprint density at radius 2 is 2.00 bits per heavy atom.